The Balaban J connectivity index is 0.000000165. The van der Waals surface area contributed by atoms with E-state index >= 15 is 0 Å². The van der Waals surface area contributed by atoms with Gasteiger partial charge in [-0.3, -0.25) is 4.68 Å². The normalized spacial score (nSPS) is 15.4. The fraction of sp³-hybridized carbons (Fsp3) is 0.404. The molecule has 0 amide bonds. The molecule has 2 N–H and O–H groups in total. The third kappa shape index (κ3) is 9.99. The fourth-order valence-electron chi connectivity index (χ4n) is 8.55. The van der Waals surface area contributed by atoms with Gasteiger partial charge in [-0.15, -0.1) is 20.4 Å². The van der Waals surface area contributed by atoms with Crippen LogP contribution in [0.1, 0.15) is 48.6 Å². The average molecular weight is 879 g/mol. The predicted octanol–water partition coefficient (Wildman–Crippen LogP) is 6.08. The van der Waals surface area contributed by atoms with Gasteiger partial charge < -0.3 is 29.9 Å². The first-order valence-electron chi connectivity index (χ1n) is 22.4. The molecule has 6 aromatic heterocycles. The van der Waals surface area contributed by atoms with Crippen LogP contribution in [0.3, 0.4) is 0 Å². The Morgan fingerprint density at radius 2 is 1.25 bits per heavy atom. The molecule has 18 nitrogen and oxygen atoms in total. The molecular weight excluding hydrogens is 821 g/mol. The molecule has 18 heteroatoms. The van der Waals surface area contributed by atoms with Gasteiger partial charge in [0.2, 0.25) is 17.2 Å². The lowest BCUT2D eigenvalue weighted by molar-refractivity contribution is 0.132. The first kappa shape index (κ1) is 43.5. The van der Waals surface area contributed by atoms with Crippen molar-refractivity contribution in [3.63, 3.8) is 0 Å². The van der Waals surface area contributed by atoms with Gasteiger partial charge in [0.15, 0.2) is 11.6 Å². The molecule has 0 atom stereocenters. The van der Waals surface area contributed by atoms with Crippen LogP contribution in [0, 0.1) is 13.8 Å². The number of fused-ring (bicyclic) bond motifs is 2. The molecule has 0 radical (unpaired) electrons. The van der Waals surface area contributed by atoms with E-state index < -0.39 is 0 Å². The molecule has 0 saturated carbocycles. The van der Waals surface area contributed by atoms with Crippen LogP contribution < -0.4 is 15.4 Å². The smallest absolute Gasteiger partial charge is 0.227 e. The highest BCUT2D eigenvalue weighted by atomic mass is 16.5. The van der Waals surface area contributed by atoms with E-state index in [1.165, 1.54) is 5.56 Å². The van der Waals surface area contributed by atoms with Crippen LogP contribution in [0.25, 0.3) is 33.8 Å². The van der Waals surface area contributed by atoms with Gasteiger partial charge in [-0.25, -0.2) is 4.68 Å². The molecule has 0 aliphatic carbocycles. The summed E-state index contributed by atoms with van der Waals surface area (Å²) in [4.78, 5) is 4.82. The zero-order chi connectivity index (χ0) is 44.9. The van der Waals surface area contributed by atoms with E-state index in [2.05, 4.69) is 83.3 Å². The molecule has 8 aromatic rings. The lowest BCUT2D eigenvalue weighted by Crippen LogP contribution is -2.40. The molecule has 0 spiro atoms. The number of para-hydroxylation sites is 1. The van der Waals surface area contributed by atoms with Crippen LogP contribution in [0.2, 0.25) is 0 Å². The number of anilines is 2. The van der Waals surface area contributed by atoms with Gasteiger partial charge in [0.05, 0.1) is 41.1 Å². The number of aromatic nitrogens is 12. The number of aryl methyl sites for hydroxylation is 4. The Morgan fingerprint density at radius 3 is 1.85 bits per heavy atom. The van der Waals surface area contributed by atoms with Gasteiger partial charge in [0, 0.05) is 71.1 Å². The van der Waals surface area contributed by atoms with Gasteiger partial charge >= 0.3 is 0 Å². The highest BCUT2D eigenvalue weighted by Crippen LogP contribution is 2.34. The summed E-state index contributed by atoms with van der Waals surface area (Å²) in [6.45, 7) is 9.88. The Morgan fingerprint density at radius 1 is 0.677 bits per heavy atom. The first-order chi connectivity index (χ1) is 31.7. The number of ether oxygens (including phenoxy) is 2. The number of nitrogens with zero attached hydrogens (tertiary/aromatic N) is 14. The lowest BCUT2D eigenvalue weighted by Gasteiger charge is -2.32. The summed E-state index contributed by atoms with van der Waals surface area (Å²) >= 11 is 0. The molecule has 0 bridgehead atoms. The summed E-state index contributed by atoms with van der Waals surface area (Å²) in [5.74, 6) is 2.88. The van der Waals surface area contributed by atoms with E-state index in [1.54, 1.807) is 22.5 Å². The molecule has 2 aliphatic heterocycles. The number of rotatable bonds is 13. The minimum atomic E-state index is 0.382. The molecule has 8 heterocycles. The van der Waals surface area contributed by atoms with Crippen molar-refractivity contribution in [3.05, 3.63) is 108 Å². The van der Waals surface area contributed by atoms with Crippen molar-refractivity contribution in [1.29, 1.82) is 0 Å². The van der Waals surface area contributed by atoms with E-state index in [0.717, 1.165) is 140 Å². The summed E-state index contributed by atoms with van der Waals surface area (Å²) in [5, 5.41) is 43.6. The number of nitrogens with one attached hydrogen (secondary N) is 2. The molecule has 2 aliphatic rings. The van der Waals surface area contributed by atoms with Crippen LogP contribution in [0.5, 0.6) is 11.6 Å². The van der Waals surface area contributed by atoms with Crippen molar-refractivity contribution in [2.45, 2.75) is 58.0 Å². The first-order valence-corrected chi connectivity index (χ1v) is 22.4. The summed E-state index contributed by atoms with van der Waals surface area (Å²) < 4.78 is 18.6. The number of likely N-dealkylation sites (tertiary alicyclic amines) is 2. The van der Waals surface area contributed by atoms with Gasteiger partial charge in [-0.2, -0.15) is 29.4 Å². The minimum absolute atomic E-state index is 0.382. The van der Waals surface area contributed by atoms with Gasteiger partial charge in [-0.1, -0.05) is 48.5 Å². The van der Waals surface area contributed by atoms with Crippen LogP contribution in [0.4, 0.5) is 11.4 Å². The van der Waals surface area contributed by atoms with Gasteiger partial charge in [-0.05, 0) is 89.5 Å². The number of benzene rings is 2. The van der Waals surface area contributed by atoms with Crippen LogP contribution in [0.15, 0.2) is 85.2 Å². The van der Waals surface area contributed by atoms with E-state index in [-0.39, 0.29) is 0 Å². The summed E-state index contributed by atoms with van der Waals surface area (Å²) in [6, 6.07) is 25.0. The van der Waals surface area contributed by atoms with E-state index in [9.17, 15) is 0 Å². The Hall–Kier alpha value is -6.76. The second-order valence-corrected chi connectivity index (χ2v) is 17.1. The third-order valence-electron chi connectivity index (χ3n) is 12.2. The molecule has 338 valence electrons. The number of methoxy groups -OCH3 is 1. The van der Waals surface area contributed by atoms with Crippen molar-refractivity contribution < 1.29 is 9.47 Å². The largest absolute Gasteiger partial charge is 0.439 e. The maximum Gasteiger partial charge on any atom is 0.227 e. The van der Waals surface area contributed by atoms with Crippen molar-refractivity contribution >= 4 is 22.7 Å². The molecular formula is C47H58N16O2. The standard InChI is InChI=1S/C25H32N8O.C22H26N8O/c1-18-27-28-25-24(26-20-9-11-32(12-10-20)13-14-34-3)16-23(30-33(18)25)21-17-31(2)29-22(21)15-19-7-5-4-6-8-19;1-15-25-26-21-20(24-16-9-11-28(2)12-10-16)13-19(27-30(15)21)18-14-23-29(3)22(18)31-17-7-5-4-6-8-17/h4-8,16-17,20,26H,9-15H2,1-3H3;4-8,13-14,16,24H,9-12H2,1-3H3. The maximum absolute atomic E-state index is 6.15. The summed E-state index contributed by atoms with van der Waals surface area (Å²) in [7, 11) is 7.74. The molecule has 65 heavy (non-hydrogen) atoms. The average Bonchev–Trinajstić information content (AvgIpc) is 4.10. The Kier molecular flexibility index (Phi) is 13.1. The van der Waals surface area contributed by atoms with Gasteiger partial charge in [0.25, 0.3) is 0 Å². The maximum atomic E-state index is 6.15. The monoisotopic (exact) mass is 878 g/mol. The quantitative estimate of drug-likeness (QED) is 0.137. The molecule has 2 aromatic carbocycles. The minimum Gasteiger partial charge on any atom is -0.439 e. The zero-order valence-corrected chi connectivity index (χ0v) is 38.1. The third-order valence-corrected chi connectivity index (χ3v) is 12.2. The van der Waals surface area contributed by atoms with Crippen LogP contribution in [-0.4, -0.2) is 135 Å². The molecule has 10 rings (SSSR count). The number of hydrogen-bond acceptors (Lipinski definition) is 14. The lowest BCUT2D eigenvalue weighted by atomic mass is 10.0. The van der Waals surface area contributed by atoms with Crippen molar-refractivity contribution in [2.75, 3.05) is 64.1 Å². The van der Waals surface area contributed by atoms with Gasteiger partial charge in [0.1, 0.15) is 11.4 Å². The SMILES string of the molecule is COCCN1CCC(Nc2cc(-c3cn(C)nc3Cc3ccccc3)nn3c(C)nnc23)CC1.Cc1nnc2c(NC3CCN(C)CC3)cc(-c3cnn(C)c3Oc3ccccc3)nn12. The molecule has 2 fully saturated rings. The van der Waals surface area contributed by atoms with Crippen LogP contribution >= 0.6 is 0 Å². The van der Waals surface area contributed by atoms with E-state index in [1.807, 2.05) is 85.8 Å². The fourth-order valence-corrected chi connectivity index (χ4v) is 8.55. The van der Waals surface area contributed by atoms with Crippen molar-refractivity contribution in [2.24, 2.45) is 14.1 Å². The topological polar surface area (TPSA) is 171 Å². The summed E-state index contributed by atoms with van der Waals surface area (Å²) in [6.07, 6.45) is 8.90. The summed E-state index contributed by atoms with van der Waals surface area (Å²) in [5.41, 5.74) is 9.08. The second kappa shape index (κ2) is 19.5. The highest BCUT2D eigenvalue weighted by Gasteiger charge is 2.24. The number of piperidine rings is 2. The van der Waals surface area contributed by atoms with Crippen molar-refractivity contribution in [3.8, 4) is 34.1 Å². The van der Waals surface area contributed by atoms with E-state index in [4.69, 9.17) is 24.8 Å². The molecule has 2 saturated heterocycles. The highest BCUT2D eigenvalue weighted by molar-refractivity contribution is 5.76. The molecule has 0 unspecified atom stereocenters. The predicted molar refractivity (Wildman–Crippen MR) is 250 cm³/mol. The van der Waals surface area contributed by atoms with E-state index in [0.29, 0.717) is 18.0 Å². The van der Waals surface area contributed by atoms with Crippen LogP contribution in [-0.2, 0) is 25.3 Å². The Labute approximate surface area is 378 Å². The van der Waals surface area contributed by atoms with Crippen molar-refractivity contribution in [1.82, 2.24) is 69.0 Å². The second-order valence-electron chi connectivity index (χ2n) is 17.1. The zero-order valence-electron chi connectivity index (χ0n) is 38.1. The number of hydrogen-bond donors (Lipinski definition) is 2. The Bertz CT molecular complexity index is 2820.